The van der Waals surface area contributed by atoms with Gasteiger partial charge in [-0.05, 0) is 30.3 Å². The summed E-state index contributed by atoms with van der Waals surface area (Å²) in [6, 6.07) is 20.5. The number of furan rings is 1. The summed E-state index contributed by atoms with van der Waals surface area (Å²) in [5, 5.41) is 18.5. The van der Waals surface area contributed by atoms with E-state index in [9.17, 15) is 14.7 Å². The Labute approximate surface area is 143 Å². The van der Waals surface area contributed by atoms with Crippen LogP contribution >= 0.6 is 7.29 Å². The molecule has 0 aliphatic rings. The summed E-state index contributed by atoms with van der Waals surface area (Å²) in [6.45, 7) is 0. The number of hydrazone groups is 1. The zero-order valence-electron chi connectivity index (χ0n) is 13.0. The van der Waals surface area contributed by atoms with Crippen LogP contribution < -0.4 is 15.8 Å². The van der Waals surface area contributed by atoms with E-state index in [0.29, 0.717) is 10.6 Å². The highest BCUT2D eigenvalue weighted by atomic mass is 31.2. The lowest BCUT2D eigenvalue weighted by molar-refractivity contribution is -0.402. The fourth-order valence-electron chi connectivity index (χ4n) is 2.22. The third-order valence-electron chi connectivity index (χ3n) is 3.42. The predicted molar refractivity (Wildman–Crippen MR) is 95.9 cm³/mol. The van der Waals surface area contributed by atoms with Gasteiger partial charge in [-0.2, -0.15) is 5.10 Å². The summed E-state index contributed by atoms with van der Waals surface area (Å²) in [7, 11) is -3.20. The van der Waals surface area contributed by atoms with E-state index in [-0.39, 0.29) is 11.6 Å². The van der Waals surface area contributed by atoms with Gasteiger partial charge < -0.3 is 4.42 Å². The van der Waals surface area contributed by atoms with Crippen molar-refractivity contribution in [2.45, 2.75) is 0 Å². The molecule has 0 aliphatic heterocycles. The van der Waals surface area contributed by atoms with Crippen molar-refractivity contribution < 1.29 is 13.9 Å². The minimum atomic E-state index is -3.20. The van der Waals surface area contributed by atoms with Crippen LogP contribution in [-0.4, -0.2) is 11.1 Å². The molecule has 0 bridgehead atoms. The molecule has 0 saturated carbocycles. The second-order valence-corrected chi connectivity index (χ2v) is 7.52. The summed E-state index contributed by atoms with van der Waals surface area (Å²) in [5.41, 5.74) is 0. The van der Waals surface area contributed by atoms with Crippen molar-refractivity contribution in [3.8, 4) is 0 Å². The predicted octanol–water partition coefficient (Wildman–Crippen LogP) is 3.04. The zero-order chi connectivity index (χ0) is 17.7. The number of nitrogens with zero attached hydrogens (tertiary/aromatic N) is 2. The Balaban J connectivity index is 1.89. The fourth-order valence-corrected chi connectivity index (χ4v) is 4.16. The molecule has 3 rings (SSSR count). The average Bonchev–Trinajstić information content (AvgIpc) is 3.12. The zero-order valence-corrected chi connectivity index (χ0v) is 13.9. The molecular formula is C17H14N3O4P. The summed E-state index contributed by atoms with van der Waals surface area (Å²) in [5.74, 6) is -0.192. The Morgan fingerprint density at radius 1 is 0.960 bits per heavy atom. The Kier molecular flexibility index (Phi) is 4.77. The maximum atomic E-state index is 13.6. The monoisotopic (exact) mass is 355 g/mol. The maximum Gasteiger partial charge on any atom is 0.433 e. The second kappa shape index (κ2) is 7.15. The van der Waals surface area contributed by atoms with Gasteiger partial charge in [0, 0.05) is 10.6 Å². The fraction of sp³-hybridized carbons (Fsp3) is 0. The van der Waals surface area contributed by atoms with Crippen LogP contribution in [0.5, 0.6) is 0 Å². The minimum Gasteiger partial charge on any atom is -0.400 e. The molecule has 0 saturated heterocycles. The van der Waals surface area contributed by atoms with E-state index in [1.54, 1.807) is 48.5 Å². The lowest BCUT2D eigenvalue weighted by Crippen LogP contribution is -2.24. The molecule has 0 atom stereocenters. The molecule has 0 amide bonds. The lowest BCUT2D eigenvalue weighted by atomic mass is 10.4. The summed E-state index contributed by atoms with van der Waals surface area (Å²) in [4.78, 5) is 9.99. The molecule has 126 valence electrons. The molecule has 0 radical (unpaired) electrons. The van der Waals surface area contributed by atoms with Crippen LogP contribution in [0.3, 0.4) is 0 Å². The van der Waals surface area contributed by atoms with E-state index >= 15 is 0 Å². The van der Waals surface area contributed by atoms with E-state index in [1.807, 2.05) is 12.1 Å². The first-order valence-corrected chi connectivity index (χ1v) is 9.06. The highest BCUT2D eigenvalue weighted by Gasteiger charge is 2.26. The molecule has 1 heterocycles. The Bertz CT molecular complexity index is 895. The van der Waals surface area contributed by atoms with Crippen molar-refractivity contribution in [2.75, 3.05) is 0 Å². The molecule has 1 aromatic heterocycles. The van der Waals surface area contributed by atoms with Gasteiger partial charge in [-0.25, -0.2) is 0 Å². The van der Waals surface area contributed by atoms with Crippen LogP contribution in [0.15, 0.2) is 82.3 Å². The first kappa shape index (κ1) is 16.7. The highest BCUT2D eigenvalue weighted by molar-refractivity contribution is 7.76. The topological polar surface area (TPSA) is 97.7 Å². The van der Waals surface area contributed by atoms with Crippen LogP contribution in [0.4, 0.5) is 5.88 Å². The van der Waals surface area contributed by atoms with E-state index in [1.165, 1.54) is 18.3 Å². The van der Waals surface area contributed by atoms with Gasteiger partial charge in [0.1, 0.15) is 4.92 Å². The second-order valence-electron chi connectivity index (χ2n) is 5.07. The van der Waals surface area contributed by atoms with Gasteiger partial charge in [0.25, 0.3) is 0 Å². The molecule has 2 aromatic carbocycles. The highest BCUT2D eigenvalue weighted by Crippen LogP contribution is 2.38. The number of rotatable bonds is 6. The van der Waals surface area contributed by atoms with Gasteiger partial charge in [-0.3, -0.25) is 19.9 Å². The number of hydrogen-bond donors (Lipinski definition) is 1. The maximum absolute atomic E-state index is 13.6. The average molecular weight is 355 g/mol. The number of nitro groups is 1. The Morgan fingerprint density at radius 2 is 1.52 bits per heavy atom. The number of nitrogens with one attached hydrogen (secondary N) is 1. The van der Waals surface area contributed by atoms with Gasteiger partial charge in [0.15, 0.2) is 5.76 Å². The first-order chi connectivity index (χ1) is 12.1. The van der Waals surface area contributed by atoms with Gasteiger partial charge in [-0.15, -0.1) is 0 Å². The standard InChI is InChI=1S/C17H14N3O4P/c21-20(22)17-12-11-14(24-17)13-18-19-25(23,15-7-3-1-4-8-15)16-9-5-2-6-10-16/h1-13H,(H,19,23). The molecule has 3 aromatic rings. The lowest BCUT2D eigenvalue weighted by Gasteiger charge is -2.18. The van der Waals surface area contributed by atoms with E-state index in [4.69, 9.17) is 4.42 Å². The molecule has 7 nitrogen and oxygen atoms in total. The van der Waals surface area contributed by atoms with Crippen molar-refractivity contribution in [3.05, 3.63) is 88.7 Å². The Hall–Kier alpha value is -3.18. The molecule has 0 unspecified atom stereocenters. The molecule has 0 aliphatic carbocycles. The van der Waals surface area contributed by atoms with Gasteiger partial charge >= 0.3 is 5.88 Å². The molecular weight excluding hydrogens is 341 g/mol. The SMILES string of the molecule is O=[N+]([O-])c1ccc(C=NNP(=O)(c2ccccc2)c2ccccc2)o1. The molecule has 25 heavy (non-hydrogen) atoms. The summed E-state index contributed by atoms with van der Waals surface area (Å²) >= 11 is 0. The first-order valence-electron chi connectivity index (χ1n) is 7.35. The van der Waals surface area contributed by atoms with E-state index in [2.05, 4.69) is 10.3 Å². The molecule has 1 N–H and O–H groups in total. The molecule has 0 spiro atoms. The third-order valence-corrected chi connectivity index (χ3v) is 5.87. The van der Waals surface area contributed by atoms with E-state index < -0.39 is 12.2 Å². The summed E-state index contributed by atoms with van der Waals surface area (Å²) < 4.78 is 18.5. The van der Waals surface area contributed by atoms with Crippen LogP contribution in [0, 0.1) is 10.1 Å². The van der Waals surface area contributed by atoms with Crippen molar-refractivity contribution in [1.29, 1.82) is 0 Å². The van der Waals surface area contributed by atoms with Crippen LogP contribution in [0.2, 0.25) is 0 Å². The van der Waals surface area contributed by atoms with E-state index in [0.717, 1.165) is 0 Å². The van der Waals surface area contributed by atoms with Crippen molar-refractivity contribution in [1.82, 2.24) is 5.20 Å². The third kappa shape index (κ3) is 3.67. The van der Waals surface area contributed by atoms with Crippen LogP contribution in [-0.2, 0) is 4.57 Å². The van der Waals surface area contributed by atoms with Crippen molar-refractivity contribution >= 4 is 30.0 Å². The Morgan fingerprint density at radius 3 is 2.00 bits per heavy atom. The van der Waals surface area contributed by atoms with Crippen LogP contribution in [0.1, 0.15) is 5.76 Å². The molecule has 0 fully saturated rings. The van der Waals surface area contributed by atoms with Crippen molar-refractivity contribution in [2.24, 2.45) is 5.10 Å². The normalized spacial score (nSPS) is 11.5. The molecule has 8 heteroatoms. The van der Waals surface area contributed by atoms with Gasteiger partial charge in [-0.1, -0.05) is 36.4 Å². The van der Waals surface area contributed by atoms with Gasteiger partial charge in [0.2, 0.25) is 7.29 Å². The minimum absolute atomic E-state index is 0.187. The smallest absolute Gasteiger partial charge is 0.400 e. The van der Waals surface area contributed by atoms with Crippen LogP contribution in [0.25, 0.3) is 0 Å². The largest absolute Gasteiger partial charge is 0.433 e. The van der Waals surface area contributed by atoms with Gasteiger partial charge in [0.05, 0.1) is 12.3 Å². The number of hydrogen-bond acceptors (Lipinski definition) is 5. The van der Waals surface area contributed by atoms with Crippen molar-refractivity contribution in [3.63, 3.8) is 0 Å². The summed E-state index contributed by atoms with van der Waals surface area (Å²) in [6.07, 6.45) is 1.26. The number of benzene rings is 2. The quantitative estimate of drug-likeness (QED) is 0.317.